The summed E-state index contributed by atoms with van der Waals surface area (Å²) in [5.74, 6) is -0.252. The van der Waals surface area contributed by atoms with Gasteiger partial charge in [0, 0.05) is 18.2 Å². The molecule has 104 valence electrons. The molecule has 0 aliphatic carbocycles. The van der Waals surface area contributed by atoms with Crippen molar-refractivity contribution in [2.45, 2.75) is 25.3 Å². The molecular weight excluding hydrogens is 287 g/mol. The third-order valence-electron chi connectivity index (χ3n) is 3.33. The highest BCUT2D eigenvalue weighted by atomic mass is 35.5. The molecule has 6 heteroatoms. The summed E-state index contributed by atoms with van der Waals surface area (Å²) in [6, 6.07) is 3.35. The van der Waals surface area contributed by atoms with E-state index < -0.39 is 5.54 Å². The highest BCUT2D eigenvalue weighted by molar-refractivity contribution is 6.36. The van der Waals surface area contributed by atoms with Crippen molar-refractivity contribution < 1.29 is 9.53 Å². The summed E-state index contributed by atoms with van der Waals surface area (Å²) in [4.78, 5) is 12.2. The van der Waals surface area contributed by atoms with Gasteiger partial charge in [-0.1, -0.05) is 23.2 Å². The van der Waals surface area contributed by atoms with Gasteiger partial charge in [0.1, 0.15) is 5.54 Å². The minimum absolute atomic E-state index is 0.252. The SMILES string of the molecule is Cc1cc(Cl)c(NC(=O)C2(N)CCOCC2)cc1Cl. The molecule has 1 saturated heterocycles. The first-order valence-electron chi connectivity index (χ1n) is 6.06. The molecule has 19 heavy (non-hydrogen) atoms. The minimum atomic E-state index is -0.904. The van der Waals surface area contributed by atoms with Crippen molar-refractivity contribution in [1.29, 1.82) is 0 Å². The van der Waals surface area contributed by atoms with Crippen molar-refractivity contribution in [3.8, 4) is 0 Å². The Kier molecular flexibility index (Phi) is 4.36. The summed E-state index contributed by atoms with van der Waals surface area (Å²) in [7, 11) is 0. The van der Waals surface area contributed by atoms with E-state index in [4.69, 9.17) is 33.7 Å². The van der Waals surface area contributed by atoms with Gasteiger partial charge in [0.2, 0.25) is 5.91 Å². The van der Waals surface area contributed by atoms with Crippen molar-refractivity contribution in [3.63, 3.8) is 0 Å². The van der Waals surface area contributed by atoms with E-state index in [1.807, 2.05) is 6.92 Å². The number of hydrogen-bond acceptors (Lipinski definition) is 3. The van der Waals surface area contributed by atoms with Crippen LogP contribution in [0, 0.1) is 6.92 Å². The normalized spacial score (nSPS) is 18.1. The number of carbonyl (C=O) groups excluding carboxylic acids is 1. The first-order chi connectivity index (χ1) is 8.92. The largest absolute Gasteiger partial charge is 0.381 e. The molecule has 2 rings (SSSR count). The van der Waals surface area contributed by atoms with Crippen molar-refractivity contribution in [3.05, 3.63) is 27.7 Å². The number of ether oxygens (including phenoxy) is 1. The molecular formula is C13H16Cl2N2O2. The predicted molar refractivity (Wildman–Crippen MR) is 76.8 cm³/mol. The van der Waals surface area contributed by atoms with E-state index in [1.165, 1.54) is 0 Å². The number of nitrogens with one attached hydrogen (secondary N) is 1. The number of aryl methyl sites for hydroxylation is 1. The summed E-state index contributed by atoms with van der Waals surface area (Å²) in [5, 5.41) is 3.76. The van der Waals surface area contributed by atoms with E-state index in [0.717, 1.165) is 5.56 Å². The Hall–Kier alpha value is -0.810. The van der Waals surface area contributed by atoms with Gasteiger partial charge in [-0.25, -0.2) is 0 Å². The lowest BCUT2D eigenvalue weighted by Crippen LogP contribution is -2.54. The van der Waals surface area contributed by atoms with Crippen LogP contribution < -0.4 is 11.1 Å². The highest BCUT2D eigenvalue weighted by Gasteiger charge is 2.36. The Morgan fingerprint density at radius 3 is 2.58 bits per heavy atom. The molecule has 0 radical (unpaired) electrons. The topological polar surface area (TPSA) is 64.4 Å². The summed E-state index contributed by atoms with van der Waals surface area (Å²) in [6.07, 6.45) is 0.992. The molecule has 0 bridgehead atoms. The number of nitrogens with two attached hydrogens (primary N) is 1. The van der Waals surface area contributed by atoms with Crippen LogP contribution in [0.1, 0.15) is 18.4 Å². The lowest BCUT2D eigenvalue weighted by Gasteiger charge is -2.31. The Labute approximate surface area is 122 Å². The summed E-state index contributed by atoms with van der Waals surface area (Å²) in [6.45, 7) is 2.83. The van der Waals surface area contributed by atoms with E-state index >= 15 is 0 Å². The molecule has 1 aliphatic rings. The van der Waals surface area contributed by atoms with Crippen molar-refractivity contribution in [2.24, 2.45) is 5.73 Å². The molecule has 0 spiro atoms. The fourth-order valence-electron chi connectivity index (χ4n) is 1.95. The van der Waals surface area contributed by atoms with Crippen LogP contribution in [0.4, 0.5) is 5.69 Å². The number of hydrogen-bond donors (Lipinski definition) is 2. The zero-order valence-corrected chi connectivity index (χ0v) is 12.1. The van der Waals surface area contributed by atoms with Crippen LogP contribution in [0.2, 0.25) is 10.0 Å². The third kappa shape index (κ3) is 3.20. The number of halogens is 2. The van der Waals surface area contributed by atoms with Gasteiger partial charge in [-0.3, -0.25) is 4.79 Å². The van der Waals surface area contributed by atoms with Crippen molar-refractivity contribution >= 4 is 34.8 Å². The predicted octanol–water partition coefficient (Wildman–Crippen LogP) is 2.75. The monoisotopic (exact) mass is 302 g/mol. The number of amides is 1. The average molecular weight is 303 g/mol. The first kappa shape index (κ1) is 14.6. The Balaban J connectivity index is 2.16. The van der Waals surface area contributed by atoms with Crippen LogP contribution in [-0.4, -0.2) is 24.7 Å². The maximum atomic E-state index is 12.2. The molecule has 0 aromatic heterocycles. The molecule has 1 fully saturated rings. The molecule has 1 aromatic carbocycles. The van der Waals surface area contributed by atoms with E-state index in [0.29, 0.717) is 41.8 Å². The lowest BCUT2D eigenvalue weighted by atomic mass is 9.90. The number of anilines is 1. The third-order valence-corrected chi connectivity index (χ3v) is 4.05. The van der Waals surface area contributed by atoms with Gasteiger partial charge in [-0.2, -0.15) is 0 Å². The second-order valence-corrected chi connectivity index (χ2v) is 5.62. The van der Waals surface area contributed by atoms with Gasteiger partial charge in [0.25, 0.3) is 0 Å². The lowest BCUT2D eigenvalue weighted by molar-refractivity contribution is -0.124. The molecule has 3 N–H and O–H groups in total. The van der Waals surface area contributed by atoms with Crippen molar-refractivity contribution in [1.82, 2.24) is 0 Å². The standard InChI is InChI=1S/C13H16Cl2N2O2/c1-8-6-10(15)11(7-9(8)14)17-12(18)13(16)2-4-19-5-3-13/h6-7H,2-5,16H2,1H3,(H,17,18). The van der Waals surface area contributed by atoms with Crippen LogP contribution >= 0.6 is 23.2 Å². The van der Waals surface area contributed by atoms with E-state index in [-0.39, 0.29) is 5.91 Å². The quantitative estimate of drug-likeness (QED) is 0.883. The van der Waals surface area contributed by atoms with Gasteiger partial charge in [-0.15, -0.1) is 0 Å². The zero-order valence-electron chi connectivity index (χ0n) is 10.6. The van der Waals surface area contributed by atoms with Gasteiger partial charge in [-0.05, 0) is 37.5 Å². The first-order valence-corrected chi connectivity index (χ1v) is 6.82. The molecule has 0 saturated carbocycles. The summed E-state index contributed by atoms with van der Waals surface area (Å²) in [5.41, 5.74) is 6.54. The average Bonchev–Trinajstić information content (AvgIpc) is 2.36. The molecule has 1 heterocycles. The number of carbonyl (C=O) groups is 1. The Morgan fingerprint density at radius 2 is 1.95 bits per heavy atom. The molecule has 1 aliphatic heterocycles. The maximum absolute atomic E-state index is 12.2. The Bertz CT molecular complexity index is 500. The zero-order chi connectivity index (χ0) is 14.0. The van der Waals surface area contributed by atoms with E-state index in [1.54, 1.807) is 12.1 Å². The van der Waals surface area contributed by atoms with Crippen LogP contribution in [0.5, 0.6) is 0 Å². The van der Waals surface area contributed by atoms with Crippen molar-refractivity contribution in [2.75, 3.05) is 18.5 Å². The molecule has 4 nitrogen and oxygen atoms in total. The Morgan fingerprint density at radius 1 is 1.32 bits per heavy atom. The van der Waals surface area contributed by atoms with Crippen LogP contribution in [0.15, 0.2) is 12.1 Å². The van der Waals surface area contributed by atoms with Gasteiger partial charge >= 0.3 is 0 Å². The molecule has 0 unspecified atom stereocenters. The highest BCUT2D eigenvalue weighted by Crippen LogP contribution is 2.30. The second-order valence-electron chi connectivity index (χ2n) is 4.80. The van der Waals surface area contributed by atoms with Gasteiger partial charge in [0.05, 0.1) is 10.7 Å². The minimum Gasteiger partial charge on any atom is -0.381 e. The fourth-order valence-corrected chi connectivity index (χ4v) is 2.38. The fraction of sp³-hybridized carbons (Fsp3) is 0.462. The van der Waals surface area contributed by atoms with Gasteiger partial charge in [0.15, 0.2) is 0 Å². The van der Waals surface area contributed by atoms with Gasteiger partial charge < -0.3 is 15.8 Å². The smallest absolute Gasteiger partial charge is 0.244 e. The second kappa shape index (κ2) is 5.67. The molecule has 1 aromatic rings. The number of rotatable bonds is 2. The van der Waals surface area contributed by atoms with E-state index in [2.05, 4.69) is 5.32 Å². The molecule has 1 amide bonds. The summed E-state index contributed by atoms with van der Waals surface area (Å²) >= 11 is 12.1. The maximum Gasteiger partial charge on any atom is 0.244 e. The van der Waals surface area contributed by atoms with Crippen LogP contribution in [0.3, 0.4) is 0 Å². The van der Waals surface area contributed by atoms with Crippen LogP contribution in [0.25, 0.3) is 0 Å². The summed E-state index contributed by atoms with van der Waals surface area (Å²) < 4.78 is 5.22. The molecule has 0 atom stereocenters. The van der Waals surface area contributed by atoms with Crippen LogP contribution in [-0.2, 0) is 9.53 Å². The number of benzene rings is 1. The van der Waals surface area contributed by atoms with E-state index in [9.17, 15) is 4.79 Å².